The fraction of sp³-hybridized carbons (Fsp3) is 0.615. The molecule has 1 unspecified atom stereocenters. The zero-order valence-electron chi connectivity index (χ0n) is 11.5. The molecule has 18 heavy (non-hydrogen) atoms. The summed E-state index contributed by atoms with van der Waals surface area (Å²) in [5.41, 5.74) is 0. The van der Waals surface area contributed by atoms with E-state index in [0.29, 0.717) is 24.3 Å². The minimum Gasteiger partial charge on any atom is -0.474 e. The van der Waals surface area contributed by atoms with Gasteiger partial charge in [0.25, 0.3) is 5.88 Å². The number of nitrogens with zero attached hydrogens (tertiary/aromatic N) is 2. The number of rotatable bonds is 7. The molecule has 5 nitrogen and oxygen atoms in total. The number of ether oxygens (including phenoxy) is 2. The summed E-state index contributed by atoms with van der Waals surface area (Å²) < 4.78 is 10.8. The van der Waals surface area contributed by atoms with Crippen LogP contribution in [0.1, 0.15) is 20.8 Å². The molecule has 1 aromatic heterocycles. The second-order valence-corrected chi connectivity index (χ2v) is 4.45. The summed E-state index contributed by atoms with van der Waals surface area (Å²) in [7, 11) is 2.04. The molecule has 0 radical (unpaired) electrons. The Balaban J connectivity index is 2.51. The van der Waals surface area contributed by atoms with Gasteiger partial charge in [0, 0.05) is 18.8 Å². The Bertz CT molecular complexity index is 356. The van der Waals surface area contributed by atoms with Gasteiger partial charge in [-0.05, 0) is 40.0 Å². The van der Waals surface area contributed by atoms with Crippen LogP contribution in [-0.2, 0) is 0 Å². The molecule has 102 valence electrons. The van der Waals surface area contributed by atoms with E-state index in [1.807, 2.05) is 7.05 Å². The molecule has 1 atom stereocenters. The van der Waals surface area contributed by atoms with Gasteiger partial charge >= 0.3 is 0 Å². The lowest BCUT2D eigenvalue weighted by Gasteiger charge is -2.21. The summed E-state index contributed by atoms with van der Waals surface area (Å²) in [5.74, 6) is 0.871. The van der Waals surface area contributed by atoms with Gasteiger partial charge in [-0.25, -0.2) is 4.98 Å². The van der Waals surface area contributed by atoms with E-state index in [2.05, 4.69) is 23.7 Å². The van der Waals surface area contributed by atoms with Gasteiger partial charge in [0.1, 0.15) is 6.61 Å². The zero-order chi connectivity index (χ0) is 13.5. The third-order valence-electron chi connectivity index (χ3n) is 2.60. The first-order chi connectivity index (χ1) is 8.50. The van der Waals surface area contributed by atoms with Crippen molar-refractivity contribution in [1.29, 1.82) is 0 Å². The smallest absolute Gasteiger partial charge is 0.257 e. The number of hydrogen-bond acceptors (Lipinski definition) is 5. The van der Waals surface area contributed by atoms with Crippen LogP contribution in [0.2, 0.25) is 0 Å². The molecule has 0 fully saturated rings. The molecule has 1 N–H and O–H groups in total. The summed E-state index contributed by atoms with van der Waals surface area (Å²) >= 11 is 0. The van der Waals surface area contributed by atoms with Gasteiger partial charge in [-0.1, -0.05) is 0 Å². The van der Waals surface area contributed by atoms with Crippen LogP contribution < -0.4 is 9.47 Å². The van der Waals surface area contributed by atoms with E-state index in [4.69, 9.17) is 9.47 Å². The maximum atomic E-state index is 9.20. The Morgan fingerprint density at radius 1 is 1.39 bits per heavy atom. The highest BCUT2D eigenvalue weighted by molar-refractivity contribution is 5.32. The molecule has 0 aliphatic carbocycles. The second kappa shape index (κ2) is 7.18. The van der Waals surface area contributed by atoms with Crippen LogP contribution in [0.15, 0.2) is 18.3 Å². The number of aromatic nitrogens is 1. The van der Waals surface area contributed by atoms with E-state index in [1.165, 1.54) is 0 Å². The Labute approximate surface area is 108 Å². The molecule has 0 bridgehead atoms. The standard InChI is InChI=1S/C13H22N2O3/c1-10(2)15(4)8-9-17-13-12(18-11(3)16)6-5-7-14-13/h5-7,10-11,16H,8-9H2,1-4H3. The van der Waals surface area contributed by atoms with Crippen LogP contribution in [0.25, 0.3) is 0 Å². The number of aliphatic hydroxyl groups is 1. The SMILES string of the molecule is CC(O)Oc1cccnc1OCCN(C)C(C)C. The minimum absolute atomic E-state index is 0.413. The van der Waals surface area contributed by atoms with E-state index in [0.717, 1.165) is 6.54 Å². The Morgan fingerprint density at radius 2 is 2.11 bits per heavy atom. The predicted octanol–water partition coefficient (Wildman–Crippen LogP) is 1.52. The number of likely N-dealkylation sites (N-methyl/N-ethyl adjacent to an activating group) is 1. The number of aliphatic hydroxyl groups excluding tert-OH is 1. The maximum Gasteiger partial charge on any atom is 0.257 e. The topological polar surface area (TPSA) is 54.8 Å². The molecule has 0 amide bonds. The Hall–Kier alpha value is -1.33. The lowest BCUT2D eigenvalue weighted by molar-refractivity contribution is -0.00314. The van der Waals surface area contributed by atoms with Gasteiger partial charge in [0.15, 0.2) is 12.0 Å². The maximum absolute atomic E-state index is 9.20. The molecular weight excluding hydrogens is 232 g/mol. The van der Waals surface area contributed by atoms with Gasteiger partial charge in [-0.15, -0.1) is 0 Å². The largest absolute Gasteiger partial charge is 0.474 e. The molecule has 0 saturated heterocycles. The van der Waals surface area contributed by atoms with Crippen molar-refractivity contribution < 1.29 is 14.6 Å². The fourth-order valence-electron chi connectivity index (χ4n) is 1.30. The molecule has 1 rings (SSSR count). The van der Waals surface area contributed by atoms with Gasteiger partial charge in [0.2, 0.25) is 0 Å². The van der Waals surface area contributed by atoms with Crippen LogP contribution in [-0.4, -0.2) is 47.5 Å². The van der Waals surface area contributed by atoms with Crippen molar-refractivity contribution in [3.8, 4) is 11.6 Å². The van der Waals surface area contributed by atoms with Gasteiger partial charge in [-0.3, -0.25) is 0 Å². The third kappa shape index (κ3) is 4.89. The Kier molecular flexibility index (Phi) is 5.88. The van der Waals surface area contributed by atoms with Crippen molar-refractivity contribution in [3.05, 3.63) is 18.3 Å². The van der Waals surface area contributed by atoms with Gasteiger partial charge < -0.3 is 19.5 Å². The molecule has 0 aromatic carbocycles. The lowest BCUT2D eigenvalue weighted by atomic mass is 10.3. The molecular formula is C13H22N2O3. The second-order valence-electron chi connectivity index (χ2n) is 4.45. The molecule has 0 spiro atoms. The molecule has 1 aromatic rings. The van der Waals surface area contributed by atoms with Gasteiger partial charge in [-0.2, -0.15) is 0 Å². The minimum atomic E-state index is -0.880. The average Bonchev–Trinajstić information content (AvgIpc) is 2.30. The number of hydrogen-bond donors (Lipinski definition) is 1. The predicted molar refractivity (Wildman–Crippen MR) is 69.8 cm³/mol. The monoisotopic (exact) mass is 254 g/mol. The fourth-order valence-corrected chi connectivity index (χ4v) is 1.30. The highest BCUT2D eigenvalue weighted by Crippen LogP contribution is 2.24. The summed E-state index contributed by atoms with van der Waals surface area (Å²) in [4.78, 5) is 6.28. The van der Waals surface area contributed by atoms with Crippen LogP contribution >= 0.6 is 0 Å². The first-order valence-electron chi connectivity index (χ1n) is 6.13. The summed E-state index contributed by atoms with van der Waals surface area (Å²) in [6, 6.07) is 3.94. The van der Waals surface area contributed by atoms with E-state index < -0.39 is 6.29 Å². The van der Waals surface area contributed by atoms with Crippen LogP contribution in [0, 0.1) is 0 Å². The molecule has 0 aliphatic heterocycles. The first kappa shape index (κ1) is 14.7. The summed E-state index contributed by atoms with van der Waals surface area (Å²) in [6.45, 7) is 7.14. The molecule has 0 saturated carbocycles. The zero-order valence-corrected chi connectivity index (χ0v) is 11.5. The first-order valence-corrected chi connectivity index (χ1v) is 6.13. The number of pyridine rings is 1. The lowest BCUT2D eigenvalue weighted by Crippen LogP contribution is -2.30. The highest BCUT2D eigenvalue weighted by Gasteiger charge is 2.09. The molecule has 1 heterocycles. The van der Waals surface area contributed by atoms with Crippen molar-refractivity contribution in [2.24, 2.45) is 0 Å². The molecule has 5 heteroatoms. The van der Waals surface area contributed by atoms with Crippen LogP contribution in [0.3, 0.4) is 0 Å². The molecule has 0 aliphatic rings. The van der Waals surface area contributed by atoms with E-state index in [-0.39, 0.29) is 0 Å². The van der Waals surface area contributed by atoms with Crippen LogP contribution in [0.5, 0.6) is 11.6 Å². The normalized spacial score (nSPS) is 12.8. The van der Waals surface area contributed by atoms with E-state index in [9.17, 15) is 5.11 Å². The quantitative estimate of drug-likeness (QED) is 0.748. The summed E-state index contributed by atoms with van der Waals surface area (Å²) in [6.07, 6.45) is 0.756. The average molecular weight is 254 g/mol. The van der Waals surface area contributed by atoms with E-state index in [1.54, 1.807) is 25.3 Å². The van der Waals surface area contributed by atoms with Gasteiger partial charge in [0.05, 0.1) is 0 Å². The van der Waals surface area contributed by atoms with Crippen molar-refractivity contribution in [2.75, 3.05) is 20.2 Å². The third-order valence-corrected chi connectivity index (χ3v) is 2.60. The van der Waals surface area contributed by atoms with Crippen LogP contribution in [0.4, 0.5) is 0 Å². The van der Waals surface area contributed by atoms with E-state index >= 15 is 0 Å². The van der Waals surface area contributed by atoms with Crippen molar-refractivity contribution in [3.63, 3.8) is 0 Å². The van der Waals surface area contributed by atoms with Crippen molar-refractivity contribution in [1.82, 2.24) is 9.88 Å². The Morgan fingerprint density at radius 3 is 2.72 bits per heavy atom. The highest BCUT2D eigenvalue weighted by atomic mass is 16.6. The summed E-state index contributed by atoms with van der Waals surface area (Å²) in [5, 5.41) is 9.20. The van der Waals surface area contributed by atoms with Crippen molar-refractivity contribution in [2.45, 2.75) is 33.1 Å². The van der Waals surface area contributed by atoms with Crippen molar-refractivity contribution >= 4 is 0 Å².